The first-order chi connectivity index (χ1) is 9.85. The molecule has 3 N–H and O–H groups in total. The second kappa shape index (κ2) is 6.32. The molecule has 0 saturated carbocycles. The SMILES string of the molecule is O=c1nc(OC(F)F)c(Br)cn1[C@@H]1O[C@H](CO)[C@@H](O)[C@H]1O. The number of rotatable bonds is 4. The molecule has 8 nitrogen and oxygen atoms in total. The van der Waals surface area contributed by atoms with Gasteiger partial charge in [-0.2, -0.15) is 13.8 Å². The second-order valence-electron chi connectivity index (χ2n) is 4.19. The number of aromatic nitrogens is 2. The van der Waals surface area contributed by atoms with E-state index in [4.69, 9.17) is 9.84 Å². The van der Waals surface area contributed by atoms with Crippen molar-refractivity contribution in [3.05, 3.63) is 21.2 Å². The van der Waals surface area contributed by atoms with Crippen LogP contribution in [-0.4, -0.2) is 56.4 Å². The van der Waals surface area contributed by atoms with Gasteiger partial charge in [-0.1, -0.05) is 0 Å². The molecular formula is C10H11BrF2N2O6. The smallest absolute Gasteiger partial charge is 0.388 e. The first kappa shape index (κ1) is 16.2. The molecule has 2 rings (SSSR count). The zero-order chi connectivity index (χ0) is 15.7. The molecule has 0 amide bonds. The molecule has 2 heterocycles. The third kappa shape index (κ3) is 3.21. The van der Waals surface area contributed by atoms with Gasteiger partial charge in [-0.3, -0.25) is 4.57 Å². The van der Waals surface area contributed by atoms with E-state index in [2.05, 4.69) is 25.7 Å². The third-order valence-electron chi connectivity index (χ3n) is 2.87. The number of ether oxygens (including phenoxy) is 2. The maximum absolute atomic E-state index is 12.1. The molecule has 0 unspecified atom stereocenters. The summed E-state index contributed by atoms with van der Waals surface area (Å²) in [5, 5.41) is 28.4. The maximum Gasteiger partial charge on any atom is 0.388 e. The molecule has 0 aromatic carbocycles. The van der Waals surface area contributed by atoms with E-state index in [1.807, 2.05) is 0 Å². The zero-order valence-corrected chi connectivity index (χ0v) is 11.9. The summed E-state index contributed by atoms with van der Waals surface area (Å²) in [6.07, 6.45) is -4.24. The van der Waals surface area contributed by atoms with E-state index in [-0.39, 0.29) is 4.47 Å². The largest absolute Gasteiger partial charge is 0.415 e. The highest BCUT2D eigenvalue weighted by atomic mass is 79.9. The summed E-state index contributed by atoms with van der Waals surface area (Å²) in [4.78, 5) is 15.1. The van der Waals surface area contributed by atoms with Gasteiger partial charge in [-0.25, -0.2) is 4.79 Å². The van der Waals surface area contributed by atoms with Crippen molar-refractivity contribution in [2.45, 2.75) is 31.2 Å². The van der Waals surface area contributed by atoms with Gasteiger partial charge < -0.3 is 24.8 Å². The van der Waals surface area contributed by atoms with Crippen LogP contribution in [0.15, 0.2) is 15.5 Å². The molecule has 0 radical (unpaired) electrons. The van der Waals surface area contributed by atoms with Crippen LogP contribution in [0.4, 0.5) is 8.78 Å². The lowest BCUT2D eigenvalue weighted by Gasteiger charge is -2.18. The molecule has 1 aromatic rings. The Kier molecular flexibility index (Phi) is 4.88. The van der Waals surface area contributed by atoms with Crippen molar-refractivity contribution in [2.75, 3.05) is 6.61 Å². The number of hydrogen-bond acceptors (Lipinski definition) is 7. The molecular weight excluding hydrogens is 362 g/mol. The Morgan fingerprint density at radius 3 is 2.67 bits per heavy atom. The lowest BCUT2D eigenvalue weighted by Crippen LogP contribution is -2.36. The van der Waals surface area contributed by atoms with Gasteiger partial charge in [0, 0.05) is 6.20 Å². The van der Waals surface area contributed by atoms with Crippen LogP contribution in [0.2, 0.25) is 0 Å². The van der Waals surface area contributed by atoms with E-state index in [1.165, 1.54) is 0 Å². The van der Waals surface area contributed by atoms with Crippen molar-refractivity contribution in [2.24, 2.45) is 0 Å². The van der Waals surface area contributed by atoms with Crippen molar-refractivity contribution < 1.29 is 33.6 Å². The Bertz CT molecular complexity index is 571. The molecule has 1 saturated heterocycles. The van der Waals surface area contributed by atoms with Crippen LogP contribution < -0.4 is 10.4 Å². The normalized spacial score (nSPS) is 29.1. The molecule has 1 aliphatic rings. The monoisotopic (exact) mass is 372 g/mol. The van der Waals surface area contributed by atoms with E-state index in [1.54, 1.807) is 0 Å². The molecule has 4 atom stereocenters. The van der Waals surface area contributed by atoms with Gasteiger partial charge in [-0.05, 0) is 15.9 Å². The minimum absolute atomic E-state index is 0.0693. The summed E-state index contributed by atoms with van der Waals surface area (Å²) >= 11 is 2.89. The Hall–Kier alpha value is -1.14. The Labute approximate surface area is 124 Å². The average Bonchev–Trinajstić information content (AvgIpc) is 2.69. The van der Waals surface area contributed by atoms with Crippen molar-refractivity contribution in [1.82, 2.24) is 9.55 Å². The van der Waals surface area contributed by atoms with Crippen molar-refractivity contribution in [3.8, 4) is 5.88 Å². The zero-order valence-electron chi connectivity index (χ0n) is 10.3. The molecule has 0 spiro atoms. The molecule has 118 valence electrons. The Morgan fingerprint density at radius 1 is 1.48 bits per heavy atom. The third-order valence-corrected chi connectivity index (χ3v) is 3.41. The van der Waals surface area contributed by atoms with Gasteiger partial charge in [0.25, 0.3) is 0 Å². The fraction of sp³-hybridized carbons (Fsp3) is 0.600. The fourth-order valence-corrected chi connectivity index (χ4v) is 2.29. The van der Waals surface area contributed by atoms with E-state index < -0.39 is 49.3 Å². The quantitative estimate of drug-likeness (QED) is 0.635. The van der Waals surface area contributed by atoms with E-state index >= 15 is 0 Å². The number of aliphatic hydroxyl groups excluding tert-OH is 3. The van der Waals surface area contributed by atoms with Crippen molar-refractivity contribution >= 4 is 15.9 Å². The average molecular weight is 373 g/mol. The number of nitrogens with zero attached hydrogens (tertiary/aromatic N) is 2. The van der Waals surface area contributed by atoms with Gasteiger partial charge in [0.15, 0.2) is 6.23 Å². The van der Waals surface area contributed by atoms with Crippen LogP contribution >= 0.6 is 15.9 Å². The first-order valence-electron chi connectivity index (χ1n) is 5.71. The van der Waals surface area contributed by atoms with Gasteiger partial charge in [-0.15, -0.1) is 0 Å². The summed E-state index contributed by atoms with van der Waals surface area (Å²) in [6, 6.07) is 0. The van der Waals surface area contributed by atoms with Crippen LogP contribution in [-0.2, 0) is 4.74 Å². The van der Waals surface area contributed by atoms with Crippen LogP contribution in [0.5, 0.6) is 5.88 Å². The van der Waals surface area contributed by atoms with E-state index in [9.17, 15) is 23.8 Å². The van der Waals surface area contributed by atoms with Gasteiger partial charge in [0.05, 0.1) is 11.1 Å². The van der Waals surface area contributed by atoms with E-state index in [0.29, 0.717) is 0 Å². The fourth-order valence-electron chi connectivity index (χ4n) is 1.89. The Balaban J connectivity index is 2.33. The highest BCUT2D eigenvalue weighted by Crippen LogP contribution is 2.30. The number of alkyl halides is 2. The number of hydrogen-bond donors (Lipinski definition) is 3. The second-order valence-corrected chi connectivity index (χ2v) is 5.05. The summed E-state index contributed by atoms with van der Waals surface area (Å²) < 4.78 is 34.2. The molecule has 1 aromatic heterocycles. The lowest BCUT2D eigenvalue weighted by molar-refractivity contribution is -0.0597. The highest BCUT2D eigenvalue weighted by Gasteiger charge is 2.44. The number of aliphatic hydroxyl groups is 3. The summed E-state index contributed by atoms with van der Waals surface area (Å²) in [5.74, 6) is -0.613. The van der Waals surface area contributed by atoms with E-state index in [0.717, 1.165) is 10.8 Å². The lowest BCUT2D eigenvalue weighted by atomic mass is 10.1. The van der Waals surface area contributed by atoms with Crippen LogP contribution in [0.25, 0.3) is 0 Å². The summed E-state index contributed by atoms with van der Waals surface area (Å²) in [6.45, 7) is -3.72. The molecule has 1 fully saturated rings. The maximum atomic E-state index is 12.1. The van der Waals surface area contributed by atoms with Crippen LogP contribution in [0.3, 0.4) is 0 Å². The van der Waals surface area contributed by atoms with Gasteiger partial charge >= 0.3 is 12.3 Å². The van der Waals surface area contributed by atoms with Gasteiger partial charge in [0.1, 0.15) is 18.3 Å². The number of halogens is 3. The Morgan fingerprint density at radius 2 is 2.14 bits per heavy atom. The molecule has 0 bridgehead atoms. The summed E-state index contributed by atoms with van der Waals surface area (Å²) in [5.41, 5.74) is -1.02. The minimum Gasteiger partial charge on any atom is -0.415 e. The molecule has 11 heteroatoms. The van der Waals surface area contributed by atoms with Crippen LogP contribution in [0, 0.1) is 0 Å². The first-order valence-corrected chi connectivity index (χ1v) is 6.50. The molecule has 21 heavy (non-hydrogen) atoms. The van der Waals surface area contributed by atoms with Gasteiger partial charge in [0.2, 0.25) is 5.88 Å². The predicted molar refractivity (Wildman–Crippen MR) is 65.8 cm³/mol. The summed E-state index contributed by atoms with van der Waals surface area (Å²) in [7, 11) is 0. The highest BCUT2D eigenvalue weighted by molar-refractivity contribution is 9.10. The topological polar surface area (TPSA) is 114 Å². The van der Waals surface area contributed by atoms with Crippen LogP contribution in [0.1, 0.15) is 6.23 Å². The molecule has 0 aliphatic carbocycles. The molecule has 1 aliphatic heterocycles. The van der Waals surface area contributed by atoms with Crippen molar-refractivity contribution in [1.29, 1.82) is 0 Å². The van der Waals surface area contributed by atoms with Crippen molar-refractivity contribution in [3.63, 3.8) is 0 Å². The standard InChI is InChI=1S/C10H11BrF2N2O6/c11-3-1-15(10(19)14-7(3)21-9(12)13)8-6(18)5(17)4(2-16)20-8/h1,4-6,8-9,16-18H,2H2/t4-,5-,6-,8-/m1/s1. The predicted octanol–water partition coefficient (Wildman–Crippen LogP) is -0.781. The minimum atomic E-state index is -3.15.